The zero-order valence-corrected chi connectivity index (χ0v) is 13.6. The fourth-order valence-electron chi connectivity index (χ4n) is 3.43. The van der Waals surface area contributed by atoms with Gasteiger partial charge in [0, 0.05) is 47.3 Å². The molecule has 3 aromatic heterocycles. The van der Waals surface area contributed by atoms with Crippen molar-refractivity contribution >= 4 is 22.0 Å². The second-order valence-electron chi connectivity index (χ2n) is 6.14. The zero-order valence-electron chi connectivity index (χ0n) is 12.8. The van der Waals surface area contributed by atoms with E-state index in [1.54, 1.807) is 0 Å². The van der Waals surface area contributed by atoms with Gasteiger partial charge in [-0.3, -0.25) is 4.40 Å². The molecule has 0 unspecified atom stereocenters. The van der Waals surface area contributed by atoms with Crippen molar-refractivity contribution in [1.82, 2.24) is 14.0 Å². The topological polar surface area (TPSA) is 48.2 Å². The molecule has 0 bridgehead atoms. The maximum absolute atomic E-state index is 5.78. The lowest BCUT2D eigenvalue weighted by molar-refractivity contribution is 0.907. The average molecular weight is 320 g/mol. The van der Waals surface area contributed by atoms with Crippen molar-refractivity contribution in [2.45, 2.75) is 12.8 Å². The first-order valence-electron chi connectivity index (χ1n) is 7.71. The fourth-order valence-corrected chi connectivity index (χ4v) is 4.55. The summed E-state index contributed by atoms with van der Waals surface area (Å²) in [6, 6.07) is 7.91. The number of aryl methyl sites for hydroxylation is 3. The Kier molecular flexibility index (Phi) is 2.53. The van der Waals surface area contributed by atoms with Gasteiger partial charge in [-0.2, -0.15) is 0 Å². The van der Waals surface area contributed by atoms with Crippen LogP contribution in [0.4, 0.5) is 5.69 Å². The van der Waals surface area contributed by atoms with Crippen molar-refractivity contribution in [3.63, 3.8) is 0 Å². The third-order valence-electron chi connectivity index (χ3n) is 4.51. The summed E-state index contributed by atoms with van der Waals surface area (Å²) in [4.78, 5) is 7.34. The van der Waals surface area contributed by atoms with E-state index >= 15 is 0 Å². The summed E-state index contributed by atoms with van der Waals surface area (Å²) in [6.07, 6.45) is 8.84. The Balaban J connectivity index is 1.72. The molecule has 0 aliphatic heterocycles. The molecule has 1 aliphatic carbocycles. The van der Waals surface area contributed by atoms with E-state index in [1.165, 1.54) is 21.7 Å². The van der Waals surface area contributed by atoms with Crippen LogP contribution in [0.5, 0.6) is 0 Å². The third-order valence-corrected chi connectivity index (χ3v) is 5.63. The van der Waals surface area contributed by atoms with Gasteiger partial charge in [0.15, 0.2) is 4.96 Å². The number of nitrogens with zero attached hydrogens (tertiary/aromatic N) is 3. The van der Waals surface area contributed by atoms with Gasteiger partial charge in [0.1, 0.15) is 0 Å². The summed E-state index contributed by atoms with van der Waals surface area (Å²) in [7, 11) is 2.09. The summed E-state index contributed by atoms with van der Waals surface area (Å²) in [6.45, 7) is 0. The minimum atomic E-state index is 0.779. The predicted octanol–water partition coefficient (Wildman–Crippen LogP) is 3.75. The van der Waals surface area contributed by atoms with Gasteiger partial charge < -0.3 is 10.3 Å². The largest absolute Gasteiger partial charge is 0.399 e. The molecule has 2 N–H and O–H groups in total. The Morgan fingerprint density at radius 2 is 1.91 bits per heavy atom. The van der Waals surface area contributed by atoms with Crippen LogP contribution in [0.3, 0.4) is 0 Å². The molecule has 0 spiro atoms. The monoisotopic (exact) mass is 320 g/mol. The van der Waals surface area contributed by atoms with E-state index in [1.807, 2.05) is 35.6 Å². The average Bonchev–Trinajstić information content (AvgIpc) is 3.18. The number of hydrogen-bond donors (Lipinski definition) is 1. The van der Waals surface area contributed by atoms with Crippen LogP contribution >= 0.6 is 11.3 Å². The number of nitrogen functional groups attached to an aromatic ring is 1. The van der Waals surface area contributed by atoms with Crippen LogP contribution in [-0.2, 0) is 19.9 Å². The summed E-state index contributed by atoms with van der Waals surface area (Å²) in [5, 5.41) is 0. The highest BCUT2D eigenvalue weighted by Crippen LogP contribution is 2.40. The molecule has 4 aromatic rings. The fraction of sp³-hybridized carbons (Fsp3) is 0.167. The van der Waals surface area contributed by atoms with Gasteiger partial charge in [-0.15, -0.1) is 11.3 Å². The van der Waals surface area contributed by atoms with Crippen LogP contribution in [-0.4, -0.2) is 14.0 Å². The van der Waals surface area contributed by atoms with E-state index in [2.05, 4.69) is 34.6 Å². The Morgan fingerprint density at radius 3 is 2.74 bits per heavy atom. The van der Waals surface area contributed by atoms with Gasteiger partial charge in [0.05, 0.1) is 11.4 Å². The molecule has 0 amide bonds. The van der Waals surface area contributed by atoms with Gasteiger partial charge in [-0.1, -0.05) is 12.1 Å². The Bertz CT molecular complexity index is 1030. The molecule has 23 heavy (non-hydrogen) atoms. The molecule has 114 valence electrons. The highest BCUT2D eigenvalue weighted by atomic mass is 32.1. The molecule has 0 saturated heterocycles. The predicted molar refractivity (Wildman–Crippen MR) is 94.7 cm³/mol. The van der Waals surface area contributed by atoms with Crippen molar-refractivity contribution in [1.29, 1.82) is 0 Å². The summed E-state index contributed by atoms with van der Waals surface area (Å²) >= 11 is 1.81. The summed E-state index contributed by atoms with van der Waals surface area (Å²) in [5.41, 5.74) is 12.8. The maximum Gasteiger partial charge on any atom is 0.194 e. The van der Waals surface area contributed by atoms with Crippen LogP contribution in [0.15, 0.2) is 42.9 Å². The smallest absolute Gasteiger partial charge is 0.194 e. The molecule has 5 rings (SSSR count). The number of anilines is 1. The minimum Gasteiger partial charge on any atom is -0.399 e. The highest BCUT2D eigenvalue weighted by Gasteiger charge is 2.24. The number of benzene rings is 1. The summed E-state index contributed by atoms with van der Waals surface area (Å²) < 4.78 is 4.41. The van der Waals surface area contributed by atoms with Gasteiger partial charge in [0.2, 0.25) is 0 Å². The SMILES string of the molecule is Cn1cc2c(c1)-c1c(sc3nc(-c4ccc(N)cc4)cn13)CC2. The van der Waals surface area contributed by atoms with E-state index in [0.29, 0.717) is 0 Å². The lowest BCUT2D eigenvalue weighted by Crippen LogP contribution is -2.00. The molecule has 4 nitrogen and oxygen atoms in total. The molecular weight excluding hydrogens is 304 g/mol. The Labute approximate surface area is 137 Å². The number of imidazole rings is 1. The number of aromatic nitrogens is 3. The molecule has 0 fully saturated rings. The quantitative estimate of drug-likeness (QED) is 0.543. The van der Waals surface area contributed by atoms with Crippen LogP contribution in [0, 0.1) is 0 Å². The van der Waals surface area contributed by atoms with Gasteiger partial charge in [-0.05, 0) is 30.5 Å². The molecule has 0 atom stereocenters. The van der Waals surface area contributed by atoms with Gasteiger partial charge in [-0.25, -0.2) is 4.98 Å². The van der Waals surface area contributed by atoms with Crippen molar-refractivity contribution in [3.8, 4) is 22.5 Å². The first-order chi connectivity index (χ1) is 11.2. The van der Waals surface area contributed by atoms with Crippen molar-refractivity contribution in [3.05, 3.63) is 53.3 Å². The third kappa shape index (κ3) is 1.86. The summed E-state index contributed by atoms with van der Waals surface area (Å²) in [5.74, 6) is 0. The number of fused-ring (bicyclic) bond motifs is 5. The van der Waals surface area contributed by atoms with Crippen LogP contribution < -0.4 is 5.73 Å². The highest BCUT2D eigenvalue weighted by molar-refractivity contribution is 7.17. The Hall–Kier alpha value is -2.53. The van der Waals surface area contributed by atoms with Crippen molar-refractivity contribution < 1.29 is 0 Å². The number of hydrogen-bond acceptors (Lipinski definition) is 3. The lowest BCUT2D eigenvalue weighted by atomic mass is 9.98. The molecule has 1 aliphatic rings. The molecular formula is C18H16N4S. The standard InChI is InChI=1S/C18H16N4S/c1-21-8-12-4-7-16-17(14(12)9-21)22-10-15(20-18(22)23-16)11-2-5-13(19)6-3-11/h2-3,5-6,8-10H,4,7,19H2,1H3. The van der Waals surface area contributed by atoms with E-state index in [4.69, 9.17) is 10.7 Å². The van der Waals surface area contributed by atoms with E-state index in [0.717, 1.165) is 34.7 Å². The number of nitrogens with two attached hydrogens (primary N) is 1. The second kappa shape index (κ2) is 4.49. The lowest BCUT2D eigenvalue weighted by Gasteiger charge is -2.11. The molecule has 0 saturated carbocycles. The van der Waals surface area contributed by atoms with Crippen molar-refractivity contribution in [2.24, 2.45) is 7.05 Å². The molecule has 0 radical (unpaired) electrons. The number of thiazole rings is 1. The van der Waals surface area contributed by atoms with Gasteiger partial charge >= 0.3 is 0 Å². The normalized spacial score (nSPS) is 13.3. The zero-order chi connectivity index (χ0) is 15.6. The van der Waals surface area contributed by atoms with Crippen LogP contribution in [0.2, 0.25) is 0 Å². The number of rotatable bonds is 1. The Morgan fingerprint density at radius 1 is 1.09 bits per heavy atom. The van der Waals surface area contributed by atoms with Crippen LogP contribution in [0.25, 0.3) is 27.5 Å². The first-order valence-corrected chi connectivity index (χ1v) is 8.52. The van der Waals surface area contributed by atoms with E-state index < -0.39 is 0 Å². The molecule has 3 heterocycles. The van der Waals surface area contributed by atoms with E-state index in [-0.39, 0.29) is 0 Å². The minimum absolute atomic E-state index is 0.779. The molecule has 5 heteroatoms. The second-order valence-corrected chi connectivity index (χ2v) is 7.20. The molecule has 1 aromatic carbocycles. The van der Waals surface area contributed by atoms with Crippen LogP contribution in [0.1, 0.15) is 10.4 Å². The first kappa shape index (κ1) is 13.0. The maximum atomic E-state index is 5.78. The van der Waals surface area contributed by atoms with Gasteiger partial charge in [0.25, 0.3) is 0 Å². The van der Waals surface area contributed by atoms with Crippen molar-refractivity contribution in [2.75, 3.05) is 5.73 Å². The van der Waals surface area contributed by atoms with E-state index in [9.17, 15) is 0 Å².